The van der Waals surface area contributed by atoms with Crippen LogP contribution in [0.5, 0.6) is 0 Å². The fourth-order valence-corrected chi connectivity index (χ4v) is 1.92. The van der Waals surface area contributed by atoms with Gasteiger partial charge in [-0.25, -0.2) is 0 Å². The molecule has 0 saturated carbocycles. The molecule has 14 heavy (non-hydrogen) atoms. The molecule has 76 valence electrons. The average Bonchev–Trinajstić information content (AvgIpc) is 2.46. The van der Waals surface area contributed by atoms with Crippen molar-refractivity contribution in [1.29, 1.82) is 0 Å². The molecule has 1 heterocycles. The van der Waals surface area contributed by atoms with E-state index >= 15 is 0 Å². The van der Waals surface area contributed by atoms with Gasteiger partial charge >= 0.3 is 0 Å². The smallest absolute Gasteiger partial charge is 0.244 e. The zero-order chi connectivity index (χ0) is 10.6. The molecule has 0 radical (unpaired) electrons. The molecule has 0 spiro atoms. The van der Waals surface area contributed by atoms with Crippen molar-refractivity contribution in [2.24, 2.45) is 0 Å². The second kappa shape index (κ2) is 4.96. The highest BCUT2D eigenvalue weighted by molar-refractivity contribution is 7.08. The molecule has 0 saturated heterocycles. The molecule has 0 atom stereocenters. The Morgan fingerprint density at radius 1 is 1.50 bits per heavy atom. The summed E-state index contributed by atoms with van der Waals surface area (Å²) >= 11 is 1.67. The van der Waals surface area contributed by atoms with Gasteiger partial charge in [-0.1, -0.05) is 5.57 Å². The third-order valence-electron chi connectivity index (χ3n) is 1.83. The average molecular weight is 209 g/mol. The van der Waals surface area contributed by atoms with Crippen molar-refractivity contribution in [3.05, 3.63) is 33.5 Å². The van der Waals surface area contributed by atoms with Gasteiger partial charge in [0.15, 0.2) is 0 Å². The molecule has 3 heteroatoms. The third-order valence-corrected chi connectivity index (χ3v) is 2.74. The molecule has 1 aromatic heterocycles. The van der Waals surface area contributed by atoms with Crippen LogP contribution in [0.2, 0.25) is 0 Å². The van der Waals surface area contributed by atoms with Crippen LogP contribution in [0.15, 0.2) is 22.4 Å². The minimum absolute atomic E-state index is 0.0180. The molecule has 0 aromatic carbocycles. The maximum absolute atomic E-state index is 11.3. The molecular formula is C11H15NOS. The van der Waals surface area contributed by atoms with Crippen LogP contribution in [0.3, 0.4) is 0 Å². The summed E-state index contributed by atoms with van der Waals surface area (Å²) in [6.07, 6.45) is 1.61. The van der Waals surface area contributed by atoms with Gasteiger partial charge in [-0.05, 0) is 42.7 Å². The first kappa shape index (κ1) is 11.0. The van der Waals surface area contributed by atoms with Crippen LogP contribution in [0.1, 0.15) is 25.0 Å². The zero-order valence-electron chi connectivity index (χ0n) is 8.76. The Hall–Kier alpha value is -1.09. The normalized spacial score (nSPS) is 9.64. The number of aryl methyl sites for hydroxylation is 1. The van der Waals surface area contributed by atoms with E-state index in [1.807, 2.05) is 13.8 Å². The van der Waals surface area contributed by atoms with Crippen molar-refractivity contribution in [2.75, 3.05) is 0 Å². The lowest BCUT2D eigenvalue weighted by molar-refractivity contribution is -0.116. The van der Waals surface area contributed by atoms with Crippen LogP contribution in [0.25, 0.3) is 0 Å². The molecule has 1 aromatic rings. The largest absolute Gasteiger partial charge is 0.348 e. The Morgan fingerprint density at radius 2 is 2.21 bits per heavy atom. The summed E-state index contributed by atoms with van der Waals surface area (Å²) in [6.45, 7) is 6.50. The number of nitrogens with one attached hydrogen (secondary N) is 1. The summed E-state index contributed by atoms with van der Waals surface area (Å²) in [5, 5.41) is 7.00. The summed E-state index contributed by atoms with van der Waals surface area (Å²) in [6, 6.07) is 0. The highest BCUT2D eigenvalue weighted by atomic mass is 32.1. The second-order valence-electron chi connectivity index (χ2n) is 3.52. The molecule has 0 bridgehead atoms. The lowest BCUT2D eigenvalue weighted by Gasteiger charge is -2.01. The maximum Gasteiger partial charge on any atom is 0.244 e. The topological polar surface area (TPSA) is 29.1 Å². The van der Waals surface area contributed by atoms with E-state index in [1.165, 1.54) is 11.1 Å². The highest BCUT2D eigenvalue weighted by Gasteiger charge is 2.00. The Morgan fingerprint density at radius 3 is 2.71 bits per heavy atom. The van der Waals surface area contributed by atoms with Gasteiger partial charge < -0.3 is 5.32 Å². The molecular weight excluding hydrogens is 194 g/mol. The Balaban J connectivity index is 2.46. The van der Waals surface area contributed by atoms with Gasteiger partial charge in [-0.3, -0.25) is 4.79 Å². The number of allylic oxidation sites excluding steroid dienone is 1. The second-order valence-corrected chi connectivity index (χ2v) is 4.26. The SMILES string of the molecule is CC(C)=CC(=O)NCc1cscc1C. The van der Waals surface area contributed by atoms with Gasteiger partial charge in [0.2, 0.25) is 5.91 Å². The van der Waals surface area contributed by atoms with Crippen molar-refractivity contribution in [2.45, 2.75) is 27.3 Å². The van der Waals surface area contributed by atoms with Crippen LogP contribution in [-0.2, 0) is 11.3 Å². The number of carbonyl (C=O) groups is 1. The van der Waals surface area contributed by atoms with Crippen molar-refractivity contribution in [3.8, 4) is 0 Å². The van der Waals surface area contributed by atoms with E-state index in [0.29, 0.717) is 6.54 Å². The van der Waals surface area contributed by atoms with Crippen LogP contribution >= 0.6 is 11.3 Å². The molecule has 2 nitrogen and oxygen atoms in total. The first-order valence-corrected chi connectivity index (χ1v) is 5.48. The predicted octanol–water partition coefficient (Wildman–Crippen LogP) is 2.64. The summed E-state index contributed by atoms with van der Waals surface area (Å²) < 4.78 is 0. The summed E-state index contributed by atoms with van der Waals surface area (Å²) in [4.78, 5) is 11.3. The minimum atomic E-state index is -0.0180. The van der Waals surface area contributed by atoms with Crippen molar-refractivity contribution >= 4 is 17.2 Å². The number of rotatable bonds is 3. The van der Waals surface area contributed by atoms with E-state index in [1.54, 1.807) is 17.4 Å². The van der Waals surface area contributed by atoms with Crippen molar-refractivity contribution in [3.63, 3.8) is 0 Å². The number of amides is 1. The first-order chi connectivity index (χ1) is 6.59. The highest BCUT2D eigenvalue weighted by Crippen LogP contribution is 2.12. The van der Waals surface area contributed by atoms with Gasteiger partial charge in [0.25, 0.3) is 0 Å². The monoisotopic (exact) mass is 209 g/mol. The van der Waals surface area contributed by atoms with E-state index in [0.717, 1.165) is 5.57 Å². The molecule has 0 aliphatic rings. The molecule has 0 fully saturated rings. The van der Waals surface area contributed by atoms with E-state index < -0.39 is 0 Å². The molecule has 0 aliphatic heterocycles. The fraction of sp³-hybridized carbons (Fsp3) is 0.364. The Bertz CT molecular complexity index is 348. The number of thiophene rings is 1. The standard InChI is InChI=1S/C11H15NOS/c1-8(2)4-11(13)12-5-10-7-14-6-9(10)3/h4,6-7H,5H2,1-3H3,(H,12,13). The first-order valence-electron chi connectivity index (χ1n) is 4.54. The van der Waals surface area contributed by atoms with Gasteiger partial charge in [0.1, 0.15) is 0 Å². The zero-order valence-corrected chi connectivity index (χ0v) is 9.57. The molecule has 0 unspecified atom stereocenters. The van der Waals surface area contributed by atoms with Crippen LogP contribution < -0.4 is 5.32 Å². The van der Waals surface area contributed by atoms with Gasteiger partial charge in [0, 0.05) is 12.6 Å². The van der Waals surface area contributed by atoms with Crippen molar-refractivity contribution in [1.82, 2.24) is 5.32 Å². The lowest BCUT2D eigenvalue weighted by atomic mass is 10.2. The van der Waals surface area contributed by atoms with Gasteiger partial charge in [0.05, 0.1) is 0 Å². The van der Waals surface area contributed by atoms with E-state index in [9.17, 15) is 4.79 Å². The van der Waals surface area contributed by atoms with E-state index in [2.05, 4.69) is 23.0 Å². The number of hydrogen-bond donors (Lipinski definition) is 1. The maximum atomic E-state index is 11.3. The fourth-order valence-electron chi connectivity index (χ4n) is 1.06. The summed E-state index contributed by atoms with van der Waals surface area (Å²) in [7, 11) is 0. The van der Waals surface area contributed by atoms with Gasteiger partial charge in [-0.15, -0.1) is 0 Å². The molecule has 0 aliphatic carbocycles. The third kappa shape index (κ3) is 3.34. The Labute approximate surface area is 88.6 Å². The van der Waals surface area contributed by atoms with Crippen LogP contribution in [-0.4, -0.2) is 5.91 Å². The molecule has 1 rings (SSSR count). The number of hydrogen-bond acceptors (Lipinski definition) is 2. The van der Waals surface area contributed by atoms with E-state index in [4.69, 9.17) is 0 Å². The quantitative estimate of drug-likeness (QED) is 0.762. The van der Waals surface area contributed by atoms with E-state index in [-0.39, 0.29) is 5.91 Å². The van der Waals surface area contributed by atoms with Gasteiger partial charge in [-0.2, -0.15) is 11.3 Å². The minimum Gasteiger partial charge on any atom is -0.348 e. The molecule has 1 amide bonds. The molecule has 1 N–H and O–H groups in total. The summed E-state index contributed by atoms with van der Waals surface area (Å²) in [5.41, 5.74) is 3.46. The Kier molecular flexibility index (Phi) is 3.89. The summed E-state index contributed by atoms with van der Waals surface area (Å²) in [5.74, 6) is -0.0180. The van der Waals surface area contributed by atoms with Crippen molar-refractivity contribution < 1.29 is 4.79 Å². The van der Waals surface area contributed by atoms with Crippen LogP contribution in [0.4, 0.5) is 0 Å². The number of carbonyl (C=O) groups excluding carboxylic acids is 1. The van der Waals surface area contributed by atoms with Crippen LogP contribution in [0, 0.1) is 6.92 Å². The predicted molar refractivity (Wildman–Crippen MR) is 60.3 cm³/mol. The lowest BCUT2D eigenvalue weighted by Crippen LogP contribution is -2.20.